The van der Waals surface area contributed by atoms with Gasteiger partial charge in [-0.15, -0.1) is 0 Å². The number of benzene rings is 1. The topological polar surface area (TPSA) is 83.5 Å². The molecule has 0 unspecified atom stereocenters. The van der Waals surface area contributed by atoms with Crippen molar-refractivity contribution < 1.29 is 19.5 Å². The van der Waals surface area contributed by atoms with Gasteiger partial charge in [0.05, 0.1) is 5.92 Å². The molecule has 2 atom stereocenters. The first-order valence-electron chi connectivity index (χ1n) is 7.96. The van der Waals surface area contributed by atoms with E-state index in [1.165, 1.54) is 12.5 Å². The summed E-state index contributed by atoms with van der Waals surface area (Å²) < 4.78 is 0. The van der Waals surface area contributed by atoms with Crippen LogP contribution in [-0.2, 0) is 20.8 Å². The second-order valence-corrected chi connectivity index (χ2v) is 7.31. The smallest absolute Gasteiger partial charge is 0.327 e. The van der Waals surface area contributed by atoms with Crippen molar-refractivity contribution in [2.24, 2.45) is 5.92 Å². The van der Waals surface area contributed by atoms with Crippen LogP contribution in [-0.4, -0.2) is 33.9 Å². The van der Waals surface area contributed by atoms with Crippen LogP contribution in [0.2, 0.25) is 0 Å². The molecule has 0 saturated carbocycles. The molecular formula is C18H25NO4S. The van der Waals surface area contributed by atoms with E-state index in [-0.39, 0.29) is 16.8 Å². The molecule has 1 amide bonds. The van der Waals surface area contributed by atoms with E-state index < -0.39 is 17.9 Å². The van der Waals surface area contributed by atoms with Crippen LogP contribution in [0.3, 0.4) is 0 Å². The van der Waals surface area contributed by atoms with Gasteiger partial charge in [-0.2, -0.15) is 0 Å². The molecule has 1 rings (SSSR count). The van der Waals surface area contributed by atoms with Crippen molar-refractivity contribution in [1.29, 1.82) is 0 Å². The quantitative estimate of drug-likeness (QED) is 0.752. The van der Waals surface area contributed by atoms with Crippen LogP contribution >= 0.6 is 11.8 Å². The van der Waals surface area contributed by atoms with Gasteiger partial charge in [-0.3, -0.25) is 9.59 Å². The van der Waals surface area contributed by atoms with Gasteiger partial charge >= 0.3 is 5.97 Å². The third kappa shape index (κ3) is 6.74. The molecule has 2 N–H and O–H groups in total. The Morgan fingerprint density at radius 2 is 1.71 bits per heavy atom. The Morgan fingerprint density at radius 3 is 2.17 bits per heavy atom. The van der Waals surface area contributed by atoms with Gasteiger partial charge in [-0.1, -0.05) is 56.8 Å². The summed E-state index contributed by atoms with van der Waals surface area (Å²) in [6.45, 7) is 7.38. The van der Waals surface area contributed by atoms with Gasteiger partial charge in [0.1, 0.15) is 6.04 Å². The minimum absolute atomic E-state index is 0.0174. The zero-order valence-electron chi connectivity index (χ0n) is 14.5. The minimum Gasteiger partial charge on any atom is -0.480 e. The highest BCUT2D eigenvalue weighted by Crippen LogP contribution is 2.23. The molecule has 6 heteroatoms. The summed E-state index contributed by atoms with van der Waals surface area (Å²) in [5, 5.41) is 11.3. The lowest BCUT2D eigenvalue weighted by atomic mass is 9.97. The van der Waals surface area contributed by atoms with E-state index in [9.17, 15) is 14.4 Å². The Labute approximate surface area is 147 Å². The molecule has 0 bridgehead atoms. The molecule has 1 aromatic rings. The normalized spacial score (nSPS) is 13.4. The first kappa shape index (κ1) is 20.2. The zero-order chi connectivity index (χ0) is 18.3. The van der Waals surface area contributed by atoms with Crippen molar-refractivity contribution in [2.45, 2.75) is 46.1 Å². The van der Waals surface area contributed by atoms with Crippen LogP contribution in [0.4, 0.5) is 0 Å². The zero-order valence-corrected chi connectivity index (χ0v) is 15.4. The maximum absolute atomic E-state index is 12.3. The lowest BCUT2D eigenvalue weighted by Crippen LogP contribution is -2.41. The maximum atomic E-state index is 12.3. The number of carboxylic acids is 1. The van der Waals surface area contributed by atoms with E-state index in [0.717, 1.165) is 23.7 Å². The summed E-state index contributed by atoms with van der Waals surface area (Å²) in [5.74, 6) is -1.30. The van der Waals surface area contributed by atoms with Crippen LogP contribution in [0.25, 0.3) is 0 Å². The van der Waals surface area contributed by atoms with Gasteiger partial charge in [-0.25, -0.2) is 4.79 Å². The van der Waals surface area contributed by atoms with Gasteiger partial charge < -0.3 is 10.4 Å². The van der Waals surface area contributed by atoms with E-state index in [1.54, 1.807) is 6.92 Å². The molecule has 24 heavy (non-hydrogen) atoms. The molecule has 0 aliphatic carbocycles. The van der Waals surface area contributed by atoms with Crippen molar-refractivity contribution in [3.05, 3.63) is 35.4 Å². The van der Waals surface area contributed by atoms with E-state index in [1.807, 2.05) is 24.3 Å². The average Bonchev–Trinajstić information content (AvgIpc) is 2.50. The van der Waals surface area contributed by atoms with E-state index in [2.05, 4.69) is 19.2 Å². The van der Waals surface area contributed by atoms with Crippen molar-refractivity contribution in [3.63, 3.8) is 0 Å². The number of rotatable bonds is 8. The Morgan fingerprint density at radius 1 is 1.12 bits per heavy atom. The summed E-state index contributed by atoms with van der Waals surface area (Å²) >= 11 is 0.938. The van der Waals surface area contributed by atoms with Crippen LogP contribution in [0.1, 0.15) is 44.7 Å². The monoisotopic (exact) mass is 351 g/mol. The highest BCUT2D eigenvalue weighted by atomic mass is 32.2. The predicted octanol–water partition coefficient (Wildman–Crippen LogP) is 2.84. The summed E-state index contributed by atoms with van der Waals surface area (Å²) in [4.78, 5) is 34.3. The molecule has 132 valence electrons. The SMILES string of the molecule is CC(=O)N[C@H](CSC(=O)[C@H](C)c1ccc(CC(C)C)cc1)C(=O)O. The fraction of sp³-hybridized carbons (Fsp3) is 0.500. The number of aliphatic carboxylic acids is 1. The molecule has 5 nitrogen and oxygen atoms in total. The van der Waals surface area contributed by atoms with Gasteiger partial charge in [0.2, 0.25) is 5.91 Å². The predicted molar refractivity (Wildman–Crippen MR) is 96.1 cm³/mol. The molecule has 0 aliphatic rings. The van der Waals surface area contributed by atoms with Gasteiger partial charge in [0, 0.05) is 12.7 Å². The van der Waals surface area contributed by atoms with Crippen LogP contribution in [0.15, 0.2) is 24.3 Å². The highest BCUT2D eigenvalue weighted by molar-refractivity contribution is 8.13. The number of nitrogens with one attached hydrogen (secondary N) is 1. The van der Waals surface area contributed by atoms with E-state index in [0.29, 0.717) is 5.92 Å². The molecule has 0 heterocycles. The Hall–Kier alpha value is -1.82. The largest absolute Gasteiger partial charge is 0.480 e. The molecule has 1 aromatic carbocycles. The summed E-state index contributed by atoms with van der Waals surface area (Å²) in [6.07, 6.45) is 0.994. The maximum Gasteiger partial charge on any atom is 0.327 e. The first-order valence-corrected chi connectivity index (χ1v) is 8.94. The minimum atomic E-state index is -1.14. The molecule has 0 fully saturated rings. The van der Waals surface area contributed by atoms with Crippen LogP contribution in [0.5, 0.6) is 0 Å². The van der Waals surface area contributed by atoms with Crippen LogP contribution < -0.4 is 5.32 Å². The number of carbonyl (C=O) groups is 3. The Balaban J connectivity index is 2.63. The number of amides is 1. The average molecular weight is 351 g/mol. The second-order valence-electron chi connectivity index (χ2n) is 6.28. The summed E-state index contributed by atoms with van der Waals surface area (Å²) in [6, 6.07) is 6.90. The molecule has 0 radical (unpaired) electrons. The summed E-state index contributed by atoms with van der Waals surface area (Å²) in [7, 11) is 0. The Bertz CT molecular complexity index is 583. The van der Waals surface area contributed by atoms with Crippen molar-refractivity contribution in [2.75, 3.05) is 5.75 Å². The second kappa shape index (κ2) is 9.47. The fourth-order valence-corrected chi connectivity index (χ4v) is 3.20. The lowest BCUT2D eigenvalue weighted by Gasteiger charge is -2.15. The van der Waals surface area contributed by atoms with Crippen molar-refractivity contribution in [1.82, 2.24) is 5.32 Å². The number of carboxylic acid groups (broad SMARTS) is 1. The first-order chi connectivity index (χ1) is 11.2. The standard InChI is InChI=1S/C18H25NO4S/c1-11(2)9-14-5-7-15(8-6-14)12(3)18(23)24-10-16(17(21)22)19-13(4)20/h5-8,11-12,16H,9-10H2,1-4H3,(H,19,20)(H,21,22)/t12-,16-/m1/s1. The lowest BCUT2D eigenvalue weighted by molar-refractivity contribution is -0.140. The number of carbonyl (C=O) groups excluding carboxylic acids is 2. The summed E-state index contributed by atoms with van der Waals surface area (Å²) in [5.41, 5.74) is 2.14. The van der Waals surface area contributed by atoms with Gasteiger partial charge in [-0.05, 0) is 23.5 Å². The van der Waals surface area contributed by atoms with E-state index >= 15 is 0 Å². The van der Waals surface area contributed by atoms with Crippen molar-refractivity contribution >= 4 is 28.8 Å². The fourth-order valence-electron chi connectivity index (χ4n) is 2.26. The third-order valence-electron chi connectivity index (χ3n) is 3.55. The highest BCUT2D eigenvalue weighted by Gasteiger charge is 2.22. The Kier molecular flexibility index (Phi) is 7.98. The number of hydrogen-bond acceptors (Lipinski definition) is 4. The molecule has 0 saturated heterocycles. The number of hydrogen-bond donors (Lipinski definition) is 2. The van der Waals surface area contributed by atoms with Crippen LogP contribution in [0, 0.1) is 5.92 Å². The molecular weight excluding hydrogens is 326 g/mol. The number of thioether (sulfide) groups is 1. The van der Waals surface area contributed by atoms with Gasteiger partial charge in [0.25, 0.3) is 0 Å². The molecule has 0 aliphatic heterocycles. The van der Waals surface area contributed by atoms with Crippen molar-refractivity contribution in [3.8, 4) is 0 Å². The molecule has 0 aromatic heterocycles. The third-order valence-corrected chi connectivity index (χ3v) is 4.68. The van der Waals surface area contributed by atoms with E-state index in [4.69, 9.17) is 5.11 Å². The van der Waals surface area contributed by atoms with Gasteiger partial charge in [0.15, 0.2) is 5.12 Å². The molecule has 0 spiro atoms.